The van der Waals surface area contributed by atoms with Crippen LogP contribution in [0.2, 0.25) is 0 Å². The van der Waals surface area contributed by atoms with Crippen LogP contribution < -0.4 is 15.4 Å². The molecule has 2 unspecified atom stereocenters. The second kappa shape index (κ2) is 12.3. The summed E-state index contributed by atoms with van der Waals surface area (Å²) in [5, 5.41) is 0. The Morgan fingerprint density at radius 2 is 1.95 bits per heavy atom. The van der Waals surface area contributed by atoms with Gasteiger partial charge in [0.15, 0.2) is 11.6 Å². The monoisotopic (exact) mass is 623 g/mol. The van der Waals surface area contributed by atoms with E-state index in [1.807, 2.05) is 11.8 Å². The van der Waals surface area contributed by atoms with Crippen molar-refractivity contribution in [1.82, 2.24) is 24.7 Å². The number of ether oxygens (including phenoxy) is 1. The van der Waals surface area contributed by atoms with Crippen LogP contribution in [0.1, 0.15) is 30.6 Å². The largest absolute Gasteiger partial charge is 0.417 e. The van der Waals surface area contributed by atoms with Gasteiger partial charge < -0.3 is 15.4 Å². The fraction of sp³-hybridized carbons (Fsp3) is 0.333. The second-order valence-corrected chi connectivity index (χ2v) is 10.7. The SMILES string of the molecule is CC1COCCN1c1nc(-c2cnc(N)cc2C(F)(F)F)nc2ccc(-c3cccc(C(F)CCN[SH](=O)=O)c3F)nc12. The Bertz CT molecular complexity index is 1730. The molecular formula is C27H26F5N7O3S. The van der Waals surface area contributed by atoms with Crippen LogP contribution >= 0.6 is 0 Å². The number of nitrogens with one attached hydrogen (secondary N) is 1. The number of nitrogen functional groups attached to an aromatic ring is 1. The highest BCUT2D eigenvalue weighted by atomic mass is 32.2. The number of hydrogen-bond donors (Lipinski definition) is 3. The fourth-order valence-electron chi connectivity index (χ4n) is 4.82. The van der Waals surface area contributed by atoms with Crippen LogP contribution in [-0.4, -0.2) is 60.7 Å². The lowest BCUT2D eigenvalue weighted by atomic mass is 10.0. The Morgan fingerprint density at radius 3 is 2.67 bits per heavy atom. The average Bonchev–Trinajstić information content (AvgIpc) is 2.96. The van der Waals surface area contributed by atoms with Crippen molar-refractivity contribution in [3.8, 4) is 22.6 Å². The molecule has 3 aromatic heterocycles. The van der Waals surface area contributed by atoms with Gasteiger partial charge in [0.1, 0.15) is 23.3 Å². The van der Waals surface area contributed by atoms with Crippen LogP contribution in [-0.2, 0) is 21.8 Å². The molecule has 0 radical (unpaired) electrons. The van der Waals surface area contributed by atoms with Gasteiger partial charge in [0.05, 0.1) is 36.0 Å². The zero-order valence-corrected chi connectivity index (χ0v) is 23.5. The number of halogens is 5. The van der Waals surface area contributed by atoms with E-state index in [-0.39, 0.29) is 69.9 Å². The van der Waals surface area contributed by atoms with Crippen LogP contribution in [0, 0.1) is 5.82 Å². The molecule has 0 bridgehead atoms. The van der Waals surface area contributed by atoms with Gasteiger partial charge in [-0.05, 0) is 37.6 Å². The number of anilines is 2. The summed E-state index contributed by atoms with van der Waals surface area (Å²) in [6.07, 6.45) is -5.88. The summed E-state index contributed by atoms with van der Waals surface area (Å²) >= 11 is 0. The van der Waals surface area contributed by atoms with E-state index in [0.29, 0.717) is 25.8 Å². The molecule has 0 saturated carbocycles. The number of hydrogen-bond acceptors (Lipinski definition) is 9. The molecule has 5 rings (SSSR count). The van der Waals surface area contributed by atoms with Crippen LogP contribution in [0.3, 0.4) is 0 Å². The molecule has 2 atom stereocenters. The van der Waals surface area contributed by atoms with Gasteiger partial charge in [0, 0.05) is 36.0 Å². The summed E-state index contributed by atoms with van der Waals surface area (Å²) in [5.74, 6) is -1.24. The number of alkyl halides is 4. The van der Waals surface area contributed by atoms with Gasteiger partial charge in [0.2, 0.25) is 10.9 Å². The number of aromatic nitrogens is 4. The molecule has 10 nitrogen and oxygen atoms in total. The fourth-order valence-corrected chi connectivity index (χ4v) is 5.13. The topological polar surface area (TPSA) is 136 Å². The zero-order valence-electron chi connectivity index (χ0n) is 22.6. The molecule has 3 N–H and O–H groups in total. The van der Waals surface area contributed by atoms with E-state index < -0.39 is 34.6 Å². The molecule has 43 heavy (non-hydrogen) atoms. The highest BCUT2D eigenvalue weighted by Gasteiger charge is 2.36. The van der Waals surface area contributed by atoms with Crippen molar-refractivity contribution < 1.29 is 35.1 Å². The van der Waals surface area contributed by atoms with Crippen LogP contribution in [0.25, 0.3) is 33.7 Å². The lowest BCUT2D eigenvalue weighted by Crippen LogP contribution is -2.44. The molecule has 0 spiro atoms. The Morgan fingerprint density at radius 1 is 1.16 bits per heavy atom. The van der Waals surface area contributed by atoms with Crippen molar-refractivity contribution in [3.05, 3.63) is 59.5 Å². The molecule has 1 fully saturated rings. The standard InChI is InChI=1S/C27H26F5N7O3S/c1-14-13-42-10-9-39(14)26-24-21(37-25(38-26)17-12-34-22(33)11-18(17)27(30,31)32)6-5-20(36-24)16-4-2-3-15(23(16)29)19(28)7-8-35-43(40)41/h2-6,11-12,14,19,43H,7-10,13H2,1H3,(H2,33,34)(H,35,40,41). The predicted octanol–water partition coefficient (Wildman–Crippen LogP) is 4.24. The first-order chi connectivity index (χ1) is 20.4. The van der Waals surface area contributed by atoms with Crippen molar-refractivity contribution in [2.45, 2.75) is 31.7 Å². The third kappa shape index (κ3) is 6.50. The molecular weight excluding hydrogens is 597 g/mol. The smallest absolute Gasteiger partial charge is 0.384 e. The van der Waals surface area contributed by atoms with E-state index in [2.05, 4.69) is 24.7 Å². The number of benzene rings is 1. The van der Waals surface area contributed by atoms with E-state index >= 15 is 4.39 Å². The lowest BCUT2D eigenvalue weighted by molar-refractivity contribution is -0.137. The maximum atomic E-state index is 15.6. The number of nitrogens with two attached hydrogens (primary N) is 1. The normalized spacial score (nSPS) is 16.6. The summed E-state index contributed by atoms with van der Waals surface area (Å²) < 4.78 is 101. The summed E-state index contributed by atoms with van der Waals surface area (Å²) in [5.41, 5.74) is 4.30. The van der Waals surface area contributed by atoms with Gasteiger partial charge in [0.25, 0.3) is 0 Å². The summed E-state index contributed by atoms with van der Waals surface area (Å²) in [6.45, 7) is 2.64. The summed E-state index contributed by atoms with van der Waals surface area (Å²) in [4.78, 5) is 19.1. The number of thiol groups is 1. The average molecular weight is 624 g/mol. The Labute approximate surface area is 244 Å². The van der Waals surface area contributed by atoms with E-state index in [9.17, 15) is 26.0 Å². The van der Waals surface area contributed by atoms with E-state index in [1.165, 1.54) is 30.3 Å². The van der Waals surface area contributed by atoms with Crippen molar-refractivity contribution in [2.24, 2.45) is 0 Å². The van der Waals surface area contributed by atoms with E-state index in [0.717, 1.165) is 6.20 Å². The highest BCUT2D eigenvalue weighted by Crippen LogP contribution is 2.39. The number of morpholine rings is 1. The zero-order chi connectivity index (χ0) is 30.9. The van der Waals surface area contributed by atoms with Crippen molar-refractivity contribution >= 4 is 33.6 Å². The molecule has 1 aromatic carbocycles. The molecule has 4 heterocycles. The van der Waals surface area contributed by atoms with Gasteiger partial charge in [-0.2, -0.15) is 13.2 Å². The van der Waals surface area contributed by atoms with Crippen molar-refractivity contribution in [3.63, 3.8) is 0 Å². The Hall–Kier alpha value is -4.02. The minimum atomic E-state index is -4.77. The molecule has 0 aliphatic carbocycles. The highest BCUT2D eigenvalue weighted by molar-refractivity contribution is 7.70. The van der Waals surface area contributed by atoms with Gasteiger partial charge in [-0.1, -0.05) is 12.1 Å². The Kier molecular flexibility index (Phi) is 8.71. The van der Waals surface area contributed by atoms with Crippen LogP contribution in [0.15, 0.2) is 42.6 Å². The molecule has 16 heteroatoms. The number of pyridine rings is 2. The first-order valence-corrected chi connectivity index (χ1v) is 14.3. The first-order valence-electron chi connectivity index (χ1n) is 13.1. The van der Waals surface area contributed by atoms with Crippen molar-refractivity contribution in [2.75, 3.05) is 36.9 Å². The van der Waals surface area contributed by atoms with E-state index in [1.54, 1.807) is 0 Å². The number of fused-ring (bicyclic) bond motifs is 1. The van der Waals surface area contributed by atoms with Gasteiger partial charge >= 0.3 is 6.18 Å². The molecule has 228 valence electrons. The molecule has 4 aromatic rings. The summed E-state index contributed by atoms with van der Waals surface area (Å²) in [7, 11) is -2.91. The second-order valence-electron chi connectivity index (χ2n) is 9.84. The predicted molar refractivity (Wildman–Crippen MR) is 150 cm³/mol. The maximum absolute atomic E-state index is 15.6. The number of rotatable bonds is 8. The quantitative estimate of drug-likeness (QED) is 0.195. The molecule has 0 amide bonds. The Balaban J connectivity index is 1.64. The lowest BCUT2D eigenvalue weighted by Gasteiger charge is -2.34. The van der Waals surface area contributed by atoms with E-state index in [4.69, 9.17) is 10.5 Å². The molecule has 1 aliphatic heterocycles. The van der Waals surface area contributed by atoms with Gasteiger partial charge in [-0.15, -0.1) is 0 Å². The molecule has 1 saturated heterocycles. The van der Waals surface area contributed by atoms with Gasteiger partial charge in [-0.3, -0.25) is 0 Å². The van der Waals surface area contributed by atoms with Gasteiger partial charge in [-0.25, -0.2) is 41.9 Å². The third-order valence-electron chi connectivity index (χ3n) is 6.92. The van der Waals surface area contributed by atoms with Crippen LogP contribution in [0.4, 0.5) is 33.6 Å². The third-order valence-corrected chi connectivity index (χ3v) is 7.40. The summed E-state index contributed by atoms with van der Waals surface area (Å²) in [6, 6.07) is 7.50. The number of nitrogens with zero attached hydrogens (tertiary/aromatic N) is 5. The first kappa shape index (κ1) is 30.4. The minimum Gasteiger partial charge on any atom is -0.384 e. The minimum absolute atomic E-state index is 0.0305. The van der Waals surface area contributed by atoms with Crippen molar-refractivity contribution in [1.29, 1.82) is 0 Å². The molecule has 1 aliphatic rings. The van der Waals surface area contributed by atoms with Crippen LogP contribution in [0.5, 0.6) is 0 Å². The maximum Gasteiger partial charge on any atom is 0.417 e.